The smallest absolute Gasteiger partial charge is 0.345 e. The molecule has 0 unspecified atom stereocenters. The van der Waals surface area contributed by atoms with Crippen molar-refractivity contribution in [3.8, 4) is 0 Å². The van der Waals surface area contributed by atoms with Gasteiger partial charge in [-0.15, -0.1) is 0 Å². The number of nitrogens with one attached hydrogen (secondary N) is 1. The molecule has 1 rings (SSSR count). The number of hydrogen-bond acceptors (Lipinski definition) is 3. The molecule has 12 heavy (non-hydrogen) atoms. The minimum absolute atomic E-state index is 0.298. The van der Waals surface area contributed by atoms with Crippen molar-refractivity contribution in [2.45, 2.75) is 13.3 Å². The zero-order chi connectivity index (χ0) is 8.97. The van der Waals surface area contributed by atoms with Crippen molar-refractivity contribution in [1.29, 1.82) is 0 Å². The second-order valence-corrected chi connectivity index (χ2v) is 2.58. The number of nitrogens with zero attached hydrogens (tertiary/aromatic N) is 1. The van der Waals surface area contributed by atoms with Crippen LogP contribution >= 0.6 is 0 Å². The molecule has 1 aromatic heterocycles. The van der Waals surface area contributed by atoms with E-state index in [9.17, 15) is 4.79 Å². The predicted molar refractivity (Wildman–Crippen MR) is 45.2 cm³/mol. The number of aromatic amines is 1. The van der Waals surface area contributed by atoms with Crippen LogP contribution in [0.25, 0.3) is 0 Å². The zero-order valence-electron chi connectivity index (χ0n) is 7.26. The Kier molecular flexibility index (Phi) is 2.99. The third kappa shape index (κ3) is 2.17. The number of aryl methyl sites for hydroxylation is 1. The standard InChI is InChI=1S/C8H12N2O2/c1-6-7(3-4-12-2)5-9-8(11)10-6/h5H,3-4H2,1-2H3,(H,9,10,11). The Morgan fingerprint density at radius 3 is 3.00 bits per heavy atom. The molecule has 0 amide bonds. The summed E-state index contributed by atoms with van der Waals surface area (Å²) in [5.74, 6) is 0. The summed E-state index contributed by atoms with van der Waals surface area (Å²) in [7, 11) is 1.65. The van der Waals surface area contributed by atoms with Gasteiger partial charge in [0, 0.05) is 19.0 Å². The first kappa shape index (κ1) is 8.93. The van der Waals surface area contributed by atoms with E-state index in [4.69, 9.17) is 4.74 Å². The average molecular weight is 168 g/mol. The number of aromatic nitrogens is 2. The molecule has 1 N–H and O–H groups in total. The van der Waals surface area contributed by atoms with Crippen LogP contribution in [0.3, 0.4) is 0 Å². The van der Waals surface area contributed by atoms with Gasteiger partial charge in [0.05, 0.1) is 6.61 Å². The molecule has 0 saturated carbocycles. The summed E-state index contributed by atoms with van der Waals surface area (Å²) in [5, 5.41) is 0. The highest BCUT2D eigenvalue weighted by molar-refractivity contribution is 5.13. The molecule has 0 bridgehead atoms. The molecule has 0 aliphatic heterocycles. The van der Waals surface area contributed by atoms with Crippen molar-refractivity contribution in [3.05, 3.63) is 27.9 Å². The van der Waals surface area contributed by atoms with Crippen LogP contribution in [-0.4, -0.2) is 23.7 Å². The lowest BCUT2D eigenvalue weighted by atomic mass is 10.2. The quantitative estimate of drug-likeness (QED) is 0.704. The van der Waals surface area contributed by atoms with Crippen LogP contribution in [0.2, 0.25) is 0 Å². The fourth-order valence-electron chi connectivity index (χ4n) is 0.970. The Labute approximate surface area is 70.6 Å². The molecule has 66 valence electrons. The molecule has 0 saturated heterocycles. The third-order valence-electron chi connectivity index (χ3n) is 1.69. The van der Waals surface area contributed by atoms with Gasteiger partial charge in [0.1, 0.15) is 0 Å². The molecule has 0 aromatic carbocycles. The number of rotatable bonds is 3. The van der Waals surface area contributed by atoms with Crippen molar-refractivity contribution in [1.82, 2.24) is 9.97 Å². The third-order valence-corrected chi connectivity index (χ3v) is 1.69. The molecule has 1 aromatic rings. The van der Waals surface area contributed by atoms with Gasteiger partial charge in [-0.25, -0.2) is 9.78 Å². The molecule has 0 fully saturated rings. The molecule has 0 spiro atoms. The Morgan fingerprint density at radius 1 is 1.67 bits per heavy atom. The zero-order valence-corrected chi connectivity index (χ0v) is 7.26. The van der Waals surface area contributed by atoms with Gasteiger partial charge in [-0.1, -0.05) is 0 Å². The van der Waals surface area contributed by atoms with E-state index in [1.807, 2.05) is 6.92 Å². The molecule has 0 aliphatic carbocycles. The summed E-state index contributed by atoms with van der Waals surface area (Å²) in [5.41, 5.74) is 1.59. The number of H-pyrrole nitrogens is 1. The normalized spacial score (nSPS) is 10.2. The Bertz CT molecular complexity index is 306. The van der Waals surface area contributed by atoms with Crippen molar-refractivity contribution in [2.24, 2.45) is 0 Å². The molecule has 0 aliphatic rings. The highest BCUT2D eigenvalue weighted by Crippen LogP contribution is 2.00. The van der Waals surface area contributed by atoms with E-state index < -0.39 is 0 Å². The highest BCUT2D eigenvalue weighted by atomic mass is 16.5. The lowest BCUT2D eigenvalue weighted by molar-refractivity contribution is 0.202. The number of hydrogen-bond donors (Lipinski definition) is 1. The van der Waals surface area contributed by atoms with E-state index in [1.165, 1.54) is 0 Å². The molecule has 4 heteroatoms. The van der Waals surface area contributed by atoms with Crippen molar-refractivity contribution >= 4 is 0 Å². The van der Waals surface area contributed by atoms with Crippen LogP contribution in [0, 0.1) is 6.92 Å². The monoisotopic (exact) mass is 168 g/mol. The first-order chi connectivity index (χ1) is 5.74. The van der Waals surface area contributed by atoms with Gasteiger partial charge >= 0.3 is 5.69 Å². The maximum Gasteiger partial charge on any atom is 0.345 e. The maximum atomic E-state index is 10.7. The SMILES string of the molecule is COCCc1cnc(=O)[nH]c1C. The topological polar surface area (TPSA) is 55.0 Å². The van der Waals surface area contributed by atoms with Crippen molar-refractivity contribution in [2.75, 3.05) is 13.7 Å². The fraction of sp³-hybridized carbons (Fsp3) is 0.500. The lowest BCUT2D eigenvalue weighted by Crippen LogP contribution is -2.13. The van der Waals surface area contributed by atoms with Gasteiger partial charge in [0.25, 0.3) is 0 Å². The van der Waals surface area contributed by atoms with Crippen LogP contribution in [0.5, 0.6) is 0 Å². The van der Waals surface area contributed by atoms with Crippen LogP contribution in [0.15, 0.2) is 11.0 Å². The van der Waals surface area contributed by atoms with Crippen LogP contribution in [0.4, 0.5) is 0 Å². The second kappa shape index (κ2) is 4.01. The van der Waals surface area contributed by atoms with Gasteiger partial charge < -0.3 is 9.72 Å². The Morgan fingerprint density at radius 2 is 2.42 bits per heavy atom. The molecule has 1 heterocycles. The summed E-state index contributed by atoms with van der Waals surface area (Å²) in [6, 6.07) is 0. The van der Waals surface area contributed by atoms with E-state index in [-0.39, 0.29) is 5.69 Å². The molecular formula is C8H12N2O2. The van der Waals surface area contributed by atoms with E-state index >= 15 is 0 Å². The minimum atomic E-state index is -0.298. The largest absolute Gasteiger partial charge is 0.384 e. The predicted octanol–water partition coefficient (Wildman–Crippen LogP) is 0.267. The van der Waals surface area contributed by atoms with E-state index in [0.717, 1.165) is 17.7 Å². The van der Waals surface area contributed by atoms with Gasteiger partial charge in [0.2, 0.25) is 0 Å². The minimum Gasteiger partial charge on any atom is -0.384 e. The van der Waals surface area contributed by atoms with Gasteiger partial charge in [-0.3, -0.25) is 0 Å². The summed E-state index contributed by atoms with van der Waals surface area (Å²) < 4.78 is 4.91. The second-order valence-electron chi connectivity index (χ2n) is 2.58. The van der Waals surface area contributed by atoms with Crippen LogP contribution < -0.4 is 5.69 Å². The fourth-order valence-corrected chi connectivity index (χ4v) is 0.970. The Hall–Kier alpha value is -1.16. The summed E-state index contributed by atoms with van der Waals surface area (Å²) in [6.45, 7) is 2.50. The summed E-state index contributed by atoms with van der Waals surface area (Å²) in [6.07, 6.45) is 2.37. The maximum absolute atomic E-state index is 10.7. The molecular weight excluding hydrogens is 156 g/mol. The van der Waals surface area contributed by atoms with Crippen LogP contribution in [-0.2, 0) is 11.2 Å². The van der Waals surface area contributed by atoms with E-state index in [0.29, 0.717) is 6.61 Å². The summed E-state index contributed by atoms with van der Waals surface area (Å²) in [4.78, 5) is 17.0. The van der Waals surface area contributed by atoms with Gasteiger partial charge in [-0.05, 0) is 18.9 Å². The lowest BCUT2D eigenvalue weighted by Gasteiger charge is -2.02. The number of methoxy groups -OCH3 is 1. The van der Waals surface area contributed by atoms with Crippen molar-refractivity contribution < 1.29 is 4.74 Å². The van der Waals surface area contributed by atoms with Crippen molar-refractivity contribution in [3.63, 3.8) is 0 Å². The molecule has 0 radical (unpaired) electrons. The van der Waals surface area contributed by atoms with Gasteiger partial charge in [-0.2, -0.15) is 0 Å². The first-order valence-electron chi connectivity index (χ1n) is 3.78. The van der Waals surface area contributed by atoms with E-state index in [1.54, 1.807) is 13.3 Å². The average Bonchev–Trinajstić information content (AvgIpc) is 2.03. The Balaban J connectivity index is 2.79. The molecule has 4 nitrogen and oxygen atoms in total. The highest BCUT2D eigenvalue weighted by Gasteiger charge is 1.98. The number of ether oxygens (including phenoxy) is 1. The first-order valence-corrected chi connectivity index (χ1v) is 3.78. The molecule has 0 atom stereocenters. The van der Waals surface area contributed by atoms with Gasteiger partial charge in [0.15, 0.2) is 0 Å². The summed E-state index contributed by atoms with van der Waals surface area (Å²) >= 11 is 0. The van der Waals surface area contributed by atoms with Crippen LogP contribution in [0.1, 0.15) is 11.3 Å². The van der Waals surface area contributed by atoms with E-state index in [2.05, 4.69) is 9.97 Å².